The van der Waals surface area contributed by atoms with Gasteiger partial charge in [-0.1, -0.05) is 17.7 Å². The standard InChI is InChI=1S/C11H9ClN4O4/c12-6-2-1-3-7(4-6)16(5-8(17)18)11(19)9-10(13)15-20-14-9/h1-4H,5H2,(H2,13,15)(H,17,18). The molecule has 8 nitrogen and oxygen atoms in total. The van der Waals surface area contributed by atoms with E-state index in [9.17, 15) is 9.59 Å². The van der Waals surface area contributed by atoms with Crippen molar-refractivity contribution in [3.05, 3.63) is 35.0 Å². The Balaban J connectivity index is 2.40. The zero-order chi connectivity index (χ0) is 14.7. The molecule has 0 radical (unpaired) electrons. The second-order valence-electron chi connectivity index (χ2n) is 3.76. The van der Waals surface area contributed by atoms with E-state index in [1.165, 1.54) is 12.1 Å². The van der Waals surface area contributed by atoms with E-state index in [1.807, 2.05) is 0 Å². The first-order chi connectivity index (χ1) is 9.49. The second kappa shape index (κ2) is 5.57. The summed E-state index contributed by atoms with van der Waals surface area (Å²) in [5, 5.41) is 15.9. The molecular formula is C11H9ClN4O4. The summed E-state index contributed by atoms with van der Waals surface area (Å²) in [7, 11) is 0. The Morgan fingerprint density at radius 3 is 2.70 bits per heavy atom. The van der Waals surface area contributed by atoms with Crippen molar-refractivity contribution in [3.63, 3.8) is 0 Å². The molecule has 9 heteroatoms. The summed E-state index contributed by atoms with van der Waals surface area (Å²) in [6.07, 6.45) is 0. The van der Waals surface area contributed by atoms with Crippen LogP contribution in [0.4, 0.5) is 11.5 Å². The highest BCUT2D eigenvalue weighted by Crippen LogP contribution is 2.22. The highest BCUT2D eigenvalue weighted by atomic mass is 35.5. The predicted molar refractivity (Wildman–Crippen MR) is 69.5 cm³/mol. The van der Waals surface area contributed by atoms with E-state index in [1.54, 1.807) is 12.1 Å². The summed E-state index contributed by atoms with van der Waals surface area (Å²) < 4.78 is 4.34. The van der Waals surface area contributed by atoms with Gasteiger partial charge in [0, 0.05) is 10.7 Å². The van der Waals surface area contributed by atoms with Crippen molar-refractivity contribution in [2.24, 2.45) is 0 Å². The smallest absolute Gasteiger partial charge is 0.323 e. The van der Waals surface area contributed by atoms with Crippen LogP contribution in [0.5, 0.6) is 0 Å². The van der Waals surface area contributed by atoms with Crippen molar-refractivity contribution in [2.45, 2.75) is 0 Å². The molecule has 20 heavy (non-hydrogen) atoms. The average molecular weight is 297 g/mol. The van der Waals surface area contributed by atoms with E-state index < -0.39 is 18.4 Å². The van der Waals surface area contributed by atoms with Crippen molar-refractivity contribution in [2.75, 3.05) is 17.2 Å². The molecule has 1 amide bonds. The number of halogens is 1. The van der Waals surface area contributed by atoms with Crippen LogP contribution in [0.3, 0.4) is 0 Å². The van der Waals surface area contributed by atoms with Gasteiger partial charge in [0.25, 0.3) is 5.91 Å². The van der Waals surface area contributed by atoms with Gasteiger partial charge < -0.3 is 10.8 Å². The van der Waals surface area contributed by atoms with Gasteiger partial charge in [0.1, 0.15) is 6.54 Å². The van der Waals surface area contributed by atoms with E-state index in [0.717, 1.165) is 4.90 Å². The van der Waals surface area contributed by atoms with Gasteiger partial charge >= 0.3 is 5.97 Å². The Bertz CT molecular complexity index is 657. The number of carbonyl (C=O) groups excluding carboxylic acids is 1. The maximum absolute atomic E-state index is 12.3. The van der Waals surface area contributed by atoms with E-state index in [2.05, 4.69) is 14.9 Å². The lowest BCUT2D eigenvalue weighted by Crippen LogP contribution is -2.36. The molecule has 0 bridgehead atoms. The Hall–Kier alpha value is -2.61. The van der Waals surface area contributed by atoms with Crippen molar-refractivity contribution in [3.8, 4) is 0 Å². The lowest BCUT2D eigenvalue weighted by Gasteiger charge is -2.19. The first-order valence-electron chi connectivity index (χ1n) is 5.36. The number of hydrogen-bond acceptors (Lipinski definition) is 6. The minimum absolute atomic E-state index is 0.215. The largest absolute Gasteiger partial charge is 0.480 e. The molecule has 0 aliphatic rings. The van der Waals surface area contributed by atoms with Gasteiger partial charge in [-0.2, -0.15) is 0 Å². The number of anilines is 2. The molecule has 0 spiro atoms. The Labute approximate surface area is 117 Å². The van der Waals surface area contributed by atoms with Crippen LogP contribution in [0, 0.1) is 0 Å². The summed E-state index contributed by atoms with van der Waals surface area (Å²) in [5.74, 6) is -2.16. The number of rotatable bonds is 4. The molecule has 2 aromatic rings. The van der Waals surface area contributed by atoms with Crippen LogP contribution < -0.4 is 10.6 Å². The van der Waals surface area contributed by atoms with Crippen LogP contribution in [0.2, 0.25) is 5.02 Å². The molecule has 1 aromatic carbocycles. The highest BCUT2D eigenvalue weighted by molar-refractivity contribution is 6.31. The predicted octanol–water partition coefficient (Wildman–Crippen LogP) is 1.04. The van der Waals surface area contributed by atoms with Crippen LogP contribution in [0.1, 0.15) is 10.5 Å². The number of carbonyl (C=O) groups is 2. The highest BCUT2D eigenvalue weighted by Gasteiger charge is 2.26. The third-order valence-electron chi connectivity index (χ3n) is 2.37. The lowest BCUT2D eigenvalue weighted by molar-refractivity contribution is -0.135. The summed E-state index contributed by atoms with van der Waals surface area (Å²) in [6.45, 7) is -0.578. The normalized spacial score (nSPS) is 10.2. The summed E-state index contributed by atoms with van der Waals surface area (Å²) in [6, 6.07) is 6.17. The van der Waals surface area contributed by atoms with Crippen LogP contribution in [0.15, 0.2) is 28.9 Å². The van der Waals surface area contributed by atoms with E-state index in [4.69, 9.17) is 22.4 Å². The number of amides is 1. The molecule has 0 atom stereocenters. The Morgan fingerprint density at radius 2 is 2.15 bits per heavy atom. The maximum Gasteiger partial charge on any atom is 0.323 e. The third kappa shape index (κ3) is 2.86. The molecule has 0 aliphatic carbocycles. The fraction of sp³-hybridized carbons (Fsp3) is 0.0909. The molecule has 0 aliphatic heterocycles. The molecule has 0 saturated heterocycles. The molecule has 0 unspecified atom stereocenters. The van der Waals surface area contributed by atoms with E-state index >= 15 is 0 Å². The number of hydrogen-bond donors (Lipinski definition) is 2. The lowest BCUT2D eigenvalue weighted by atomic mass is 10.2. The third-order valence-corrected chi connectivity index (χ3v) is 2.61. The van der Waals surface area contributed by atoms with Gasteiger partial charge in [-0.3, -0.25) is 14.5 Å². The Morgan fingerprint density at radius 1 is 1.40 bits per heavy atom. The zero-order valence-corrected chi connectivity index (χ0v) is 10.7. The van der Waals surface area contributed by atoms with Crippen molar-refractivity contribution in [1.29, 1.82) is 0 Å². The number of nitrogen functional groups attached to an aromatic ring is 1. The summed E-state index contributed by atoms with van der Waals surface area (Å²) in [4.78, 5) is 24.1. The van der Waals surface area contributed by atoms with E-state index in [0.29, 0.717) is 10.7 Å². The molecule has 1 heterocycles. The van der Waals surface area contributed by atoms with Crippen LogP contribution in [-0.2, 0) is 4.79 Å². The van der Waals surface area contributed by atoms with Crippen LogP contribution >= 0.6 is 11.6 Å². The number of aliphatic carboxylic acids is 1. The molecular weight excluding hydrogens is 288 g/mol. The van der Waals surface area contributed by atoms with Crippen LogP contribution in [-0.4, -0.2) is 33.8 Å². The SMILES string of the molecule is Nc1nonc1C(=O)N(CC(=O)O)c1cccc(Cl)c1. The minimum atomic E-state index is -1.20. The van der Waals surface area contributed by atoms with Gasteiger partial charge in [-0.15, -0.1) is 0 Å². The number of carboxylic acid groups (broad SMARTS) is 1. The summed E-state index contributed by atoms with van der Waals surface area (Å²) >= 11 is 5.83. The number of aromatic nitrogens is 2. The molecule has 0 fully saturated rings. The number of benzene rings is 1. The first-order valence-corrected chi connectivity index (χ1v) is 5.74. The maximum atomic E-state index is 12.3. The summed E-state index contributed by atoms with van der Waals surface area (Å²) in [5.41, 5.74) is 5.47. The fourth-order valence-corrected chi connectivity index (χ4v) is 1.72. The monoisotopic (exact) mass is 296 g/mol. The van der Waals surface area contributed by atoms with Gasteiger partial charge in [0.05, 0.1) is 0 Å². The molecule has 3 N–H and O–H groups in total. The van der Waals surface area contributed by atoms with Crippen molar-refractivity contribution >= 4 is 35.0 Å². The van der Waals surface area contributed by atoms with Gasteiger partial charge in [0.15, 0.2) is 0 Å². The van der Waals surface area contributed by atoms with Gasteiger partial charge in [-0.05, 0) is 28.5 Å². The average Bonchev–Trinajstić information content (AvgIpc) is 2.81. The van der Waals surface area contributed by atoms with Crippen molar-refractivity contribution < 1.29 is 19.3 Å². The molecule has 104 valence electrons. The first kappa shape index (κ1) is 13.8. The number of nitrogens with zero attached hydrogens (tertiary/aromatic N) is 3. The fourth-order valence-electron chi connectivity index (χ4n) is 1.53. The molecule has 2 rings (SSSR count). The van der Waals surface area contributed by atoms with Crippen molar-refractivity contribution in [1.82, 2.24) is 10.3 Å². The molecule has 0 saturated carbocycles. The number of nitrogens with two attached hydrogens (primary N) is 1. The van der Waals surface area contributed by atoms with Crippen LogP contribution in [0.25, 0.3) is 0 Å². The quantitative estimate of drug-likeness (QED) is 0.864. The number of carboxylic acids is 1. The Kier molecular flexibility index (Phi) is 3.85. The topological polar surface area (TPSA) is 123 Å². The zero-order valence-electron chi connectivity index (χ0n) is 9.99. The van der Waals surface area contributed by atoms with E-state index in [-0.39, 0.29) is 11.5 Å². The van der Waals surface area contributed by atoms with Gasteiger partial charge in [0.2, 0.25) is 11.5 Å². The second-order valence-corrected chi connectivity index (χ2v) is 4.20. The molecule has 1 aromatic heterocycles. The van der Waals surface area contributed by atoms with Gasteiger partial charge in [-0.25, -0.2) is 4.63 Å². The minimum Gasteiger partial charge on any atom is -0.480 e.